The van der Waals surface area contributed by atoms with Gasteiger partial charge in [-0.2, -0.15) is 0 Å². The molecule has 1 saturated heterocycles. The van der Waals surface area contributed by atoms with Crippen LogP contribution in [0.15, 0.2) is 0 Å². The van der Waals surface area contributed by atoms with Crippen molar-refractivity contribution in [1.29, 1.82) is 0 Å². The van der Waals surface area contributed by atoms with Crippen molar-refractivity contribution in [2.24, 2.45) is 23.7 Å². The second-order valence-electron chi connectivity index (χ2n) is 7.90. The summed E-state index contributed by atoms with van der Waals surface area (Å²) in [6.07, 6.45) is 8.77. The molecule has 2 saturated carbocycles. The fourth-order valence-corrected chi connectivity index (χ4v) is 5.34. The zero-order valence-electron chi connectivity index (χ0n) is 13.8. The molecule has 0 amide bonds. The van der Waals surface area contributed by atoms with Gasteiger partial charge in [0.15, 0.2) is 0 Å². The molecule has 1 aliphatic heterocycles. The maximum atomic E-state index is 3.75. The Hall–Kier alpha value is -0.0800. The Morgan fingerprint density at radius 2 is 2.05 bits per heavy atom. The van der Waals surface area contributed by atoms with Gasteiger partial charge in [-0.25, -0.2) is 0 Å². The smallest absolute Gasteiger partial charge is 0.0117 e. The summed E-state index contributed by atoms with van der Waals surface area (Å²) in [4.78, 5) is 2.82. The van der Waals surface area contributed by atoms with Crippen molar-refractivity contribution in [1.82, 2.24) is 10.2 Å². The summed E-state index contributed by atoms with van der Waals surface area (Å²) >= 11 is 0. The first kappa shape index (κ1) is 14.8. The molecule has 0 spiro atoms. The third-order valence-corrected chi connectivity index (χ3v) is 6.58. The quantitative estimate of drug-likeness (QED) is 0.828. The molecule has 0 aromatic heterocycles. The molecule has 2 aliphatic carbocycles. The molecule has 6 unspecified atom stereocenters. The van der Waals surface area contributed by atoms with Crippen LogP contribution in [-0.4, -0.2) is 36.6 Å². The highest BCUT2D eigenvalue weighted by Crippen LogP contribution is 2.50. The van der Waals surface area contributed by atoms with E-state index in [2.05, 4.69) is 31.0 Å². The first-order valence-electron chi connectivity index (χ1n) is 9.16. The Morgan fingerprint density at radius 3 is 2.65 bits per heavy atom. The van der Waals surface area contributed by atoms with Crippen molar-refractivity contribution in [2.75, 3.05) is 19.6 Å². The number of hydrogen-bond donors (Lipinski definition) is 1. The van der Waals surface area contributed by atoms with Crippen LogP contribution in [0.2, 0.25) is 0 Å². The summed E-state index contributed by atoms with van der Waals surface area (Å²) in [5.74, 6) is 3.99. The molecule has 2 nitrogen and oxygen atoms in total. The van der Waals surface area contributed by atoms with E-state index in [1.807, 2.05) is 0 Å². The van der Waals surface area contributed by atoms with Gasteiger partial charge in [-0.3, -0.25) is 4.90 Å². The molecule has 0 aromatic rings. The molecule has 1 N–H and O–H groups in total. The molecular formula is C18H34N2. The van der Waals surface area contributed by atoms with Gasteiger partial charge in [0.1, 0.15) is 0 Å². The molecule has 6 atom stereocenters. The van der Waals surface area contributed by atoms with Crippen LogP contribution < -0.4 is 5.32 Å². The average molecular weight is 278 g/mol. The lowest BCUT2D eigenvalue weighted by molar-refractivity contribution is 0.0643. The third kappa shape index (κ3) is 2.92. The van der Waals surface area contributed by atoms with Crippen LogP contribution in [0, 0.1) is 23.7 Å². The van der Waals surface area contributed by atoms with Crippen molar-refractivity contribution in [2.45, 2.75) is 71.4 Å². The zero-order chi connectivity index (χ0) is 14.1. The monoisotopic (exact) mass is 278 g/mol. The number of likely N-dealkylation sites (tertiary alicyclic amines) is 1. The van der Waals surface area contributed by atoms with Crippen molar-refractivity contribution in [3.8, 4) is 0 Å². The topological polar surface area (TPSA) is 15.3 Å². The van der Waals surface area contributed by atoms with Crippen LogP contribution in [0.25, 0.3) is 0 Å². The second kappa shape index (κ2) is 6.36. The molecule has 20 heavy (non-hydrogen) atoms. The highest BCUT2D eigenvalue weighted by Gasteiger charge is 2.43. The average Bonchev–Trinajstić information content (AvgIpc) is 3.08. The molecule has 1 heterocycles. The summed E-state index contributed by atoms with van der Waals surface area (Å²) in [5.41, 5.74) is 0. The van der Waals surface area contributed by atoms with Crippen LogP contribution >= 0.6 is 0 Å². The minimum atomic E-state index is 0.762. The maximum absolute atomic E-state index is 3.75. The number of nitrogens with zero attached hydrogens (tertiary/aromatic N) is 1. The fraction of sp³-hybridized carbons (Fsp3) is 1.00. The lowest BCUT2D eigenvalue weighted by Crippen LogP contribution is -2.52. The van der Waals surface area contributed by atoms with Crippen molar-refractivity contribution in [3.63, 3.8) is 0 Å². The van der Waals surface area contributed by atoms with Crippen molar-refractivity contribution < 1.29 is 0 Å². The minimum Gasteiger partial charge on any atom is -0.314 e. The number of nitrogens with one attached hydrogen (secondary N) is 1. The minimum absolute atomic E-state index is 0.762. The fourth-order valence-electron chi connectivity index (χ4n) is 5.34. The number of piperidine rings is 1. The first-order valence-corrected chi connectivity index (χ1v) is 9.16. The lowest BCUT2D eigenvalue weighted by atomic mass is 9.82. The van der Waals surface area contributed by atoms with E-state index >= 15 is 0 Å². The van der Waals surface area contributed by atoms with Gasteiger partial charge in [0, 0.05) is 18.6 Å². The van der Waals surface area contributed by atoms with Crippen LogP contribution in [0.4, 0.5) is 0 Å². The van der Waals surface area contributed by atoms with E-state index in [1.54, 1.807) is 6.42 Å². The Balaban J connectivity index is 1.51. The van der Waals surface area contributed by atoms with Gasteiger partial charge in [-0.15, -0.1) is 0 Å². The highest BCUT2D eigenvalue weighted by atomic mass is 15.2. The van der Waals surface area contributed by atoms with Crippen LogP contribution in [-0.2, 0) is 0 Å². The zero-order valence-corrected chi connectivity index (χ0v) is 13.8. The summed E-state index contributed by atoms with van der Waals surface area (Å²) in [5, 5.41) is 3.75. The molecule has 2 heteroatoms. The normalized spacial score (nSPS) is 43.0. The molecular weight excluding hydrogens is 244 g/mol. The SMILES string of the molecule is CCCNC1CCN(C(C)C2CC3CCC2C3)CC1C. The maximum Gasteiger partial charge on any atom is 0.0117 e. The molecule has 3 fully saturated rings. The largest absolute Gasteiger partial charge is 0.314 e. The van der Waals surface area contributed by atoms with Gasteiger partial charge in [-0.1, -0.05) is 20.3 Å². The Kier molecular flexibility index (Phi) is 4.72. The van der Waals surface area contributed by atoms with Crippen LogP contribution in [0.3, 0.4) is 0 Å². The van der Waals surface area contributed by atoms with Crippen LogP contribution in [0.1, 0.15) is 59.3 Å². The number of fused-ring (bicyclic) bond motifs is 2. The predicted octanol–water partition coefficient (Wildman–Crippen LogP) is 3.52. The third-order valence-electron chi connectivity index (χ3n) is 6.58. The van der Waals surface area contributed by atoms with Gasteiger partial charge in [-0.05, 0) is 75.8 Å². The van der Waals surface area contributed by atoms with E-state index in [-0.39, 0.29) is 0 Å². The first-order chi connectivity index (χ1) is 9.69. The Morgan fingerprint density at radius 1 is 1.20 bits per heavy atom. The predicted molar refractivity (Wildman–Crippen MR) is 85.8 cm³/mol. The summed E-state index contributed by atoms with van der Waals surface area (Å²) in [7, 11) is 0. The summed E-state index contributed by atoms with van der Waals surface area (Å²) in [6, 6.07) is 1.60. The summed E-state index contributed by atoms with van der Waals surface area (Å²) in [6.45, 7) is 11.1. The number of hydrogen-bond acceptors (Lipinski definition) is 2. The van der Waals surface area contributed by atoms with E-state index in [4.69, 9.17) is 0 Å². The summed E-state index contributed by atoms with van der Waals surface area (Å²) < 4.78 is 0. The standard InChI is InChI=1S/C18H34N2/c1-4-8-19-18-7-9-20(12-13(18)2)14(3)17-11-15-5-6-16(17)10-15/h13-19H,4-12H2,1-3H3. The highest BCUT2D eigenvalue weighted by molar-refractivity contribution is 4.96. The Bertz CT molecular complexity index is 317. The lowest BCUT2D eigenvalue weighted by Gasteiger charge is -2.44. The van der Waals surface area contributed by atoms with E-state index in [0.29, 0.717) is 0 Å². The molecule has 3 aliphatic rings. The van der Waals surface area contributed by atoms with Gasteiger partial charge < -0.3 is 5.32 Å². The van der Waals surface area contributed by atoms with Crippen LogP contribution in [0.5, 0.6) is 0 Å². The van der Waals surface area contributed by atoms with E-state index in [1.165, 1.54) is 51.7 Å². The molecule has 0 aromatic carbocycles. The van der Waals surface area contributed by atoms with Gasteiger partial charge >= 0.3 is 0 Å². The van der Waals surface area contributed by atoms with Crippen molar-refractivity contribution in [3.05, 3.63) is 0 Å². The van der Waals surface area contributed by atoms with Crippen molar-refractivity contribution >= 4 is 0 Å². The molecule has 0 radical (unpaired) electrons. The Labute approximate surface area is 125 Å². The molecule has 2 bridgehead atoms. The molecule has 116 valence electrons. The second-order valence-corrected chi connectivity index (χ2v) is 7.90. The van der Waals surface area contributed by atoms with Gasteiger partial charge in [0.25, 0.3) is 0 Å². The van der Waals surface area contributed by atoms with E-state index in [0.717, 1.165) is 35.8 Å². The van der Waals surface area contributed by atoms with E-state index in [9.17, 15) is 0 Å². The van der Waals surface area contributed by atoms with Gasteiger partial charge in [0.05, 0.1) is 0 Å². The number of rotatable bonds is 5. The molecule has 3 rings (SSSR count). The van der Waals surface area contributed by atoms with E-state index < -0.39 is 0 Å². The van der Waals surface area contributed by atoms with Gasteiger partial charge in [0.2, 0.25) is 0 Å².